The molecule has 1 heterocycles. The van der Waals surface area contributed by atoms with Crippen LogP contribution in [0.1, 0.15) is 46.0 Å². The van der Waals surface area contributed by atoms with E-state index in [9.17, 15) is 15.3 Å². The van der Waals surface area contributed by atoms with Crippen molar-refractivity contribution in [2.75, 3.05) is 13.2 Å². The molecule has 1 unspecified atom stereocenters. The van der Waals surface area contributed by atoms with Crippen LogP contribution in [0.25, 0.3) is 0 Å². The lowest BCUT2D eigenvalue weighted by atomic mass is 9.95. The van der Waals surface area contributed by atoms with Gasteiger partial charge in [-0.2, -0.15) is 0 Å². The lowest BCUT2D eigenvalue weighted by molar-refractivity contribution is -0.189. The summed E-state index contributed by atoms with van der Waals surface area (Å²) in [7, 11) is 0. The maximum atomic E-state index is 9.84. The van der Waals surface area contributed by atoms with E-state index < -0.39 is 24.4 Å². The fourth-order valence-corrected chi connectivity index (χ4v) is 2.41. The maximum absolute atomic E-state index is 9.84. The molecule has 1 saturated heterocycles. The Morgan fingerprint density at radius 1 is 1.16 bits per heavy atom. The molecule has 0 amide bonds. The van der Waals surface area contributed by atoms with E-state index in [-0.39, 0.29) is 12.6 Å². The largest absolute Gasteiger partial charge is 0.388 e. The molecule has 0 spiro atoms. The highest BCUT2D eigenvalue weighted by molar-refractivity contribution is 4.88. The minimum atomic E-state index is -1.10. The summed E-state index contributed by atoms with van der Waals surface area (Å²) < 4.78 is 5.39. The van der Waals surface area contributed by atoms with Gasteiger partial charge in [0.05, 0.1) is 12.7 Å². The molecule has 1 fully saturated rings. The predicted octanol–water partition coefficient (Wildman–Crippen LogP) is 0.416. The number of nitrogens with one attached hydrogen (secondary N) is 1. The molecule has 0 saturated carbocycles. The molecule has 0 aromatic carbocycles. The van der Waals surface area contributed by atoms with E-state index >= 15 is 0 Å². The third-order valence-corrected chi connectivity index (χ3v) is 3.72. The zero-order valence-corrected chi connectivity index (χ0v) is 12.1. The second-order valence-electron chi connectivity index (χ2n) is 5.57. The van der Waals surface area contributed by atoms with Crippen LogP contribution in [0.2, 0.25) is 0 Å². The topological polar surface area (TPSA) is 82.0 Å². The van der Waals surface area contributed by atoms with Gasteiger partial charge in [0.2, 0.25) is 0 Å². The first-order chi connectivity index (χ1) is 9.06. The molecule has 5 atom stereocenters. The normalized spacial score (nSPS) is 33.3. The van der Waals surface area contributed by atoms with Crippen molar-refractivity contribution in [1.82, 2.24) is 5.32 Å². The summed E-state index contributed by atoms with van der Waals surface area (Å²) in [5.41, 5.74) is 0. The molecular formula is C14H29NO4. The van der Waals surface area contributed by atoms with E-state index in [1.54, 1.807) is 0 Å². The van der Waals surface area contributed by atoms with E-state index in [1.807, 2.05) is 6.92 Å². The zero-order chi connectivity index (χ0) is 14.3. The van der Waals surface area contributed by atoms with Crippen LogP contribution in [0.3, 0.4) is 0 Å². The van der Waals surface area contributed by atoms with E-state index in [1.165, 1.54) is 19.3 Å². The molecule has 1 aliphatic heterocycles. The van der Waals surface area contributed by atoms with Crippen molar-refractivity contribution in [2.24, 2.45) is 0 Å². The fraction of sp³-hybridized carbons (Fsp3) is 1.00. The Morgan fingerprint density at radius 2 is 1.89 bits per heavy atom. The number of aliphatic hydroxyl groups excluding tert-OH is 3. The maximum Gasteiger partial charge on any atom is 0.111 e. The zero-order valence-electron chi connectivity index (χ0n) is 12.1. The number of aliphatic hydroxyl groups is 3. The molecule has 5 heteroatoms. The first-order valence-electron chi connectivity index (χ1n) is 7.45. The molecule has 4 N–H and O–H groups in total. The molecule has 114 valence electrons. The van der Waals surface area contributed by atoms with Crippen molar-refractivity contribution in [2.45, 2.75) is 76.4 Å². The van der Waals surface area contributed by atoms with E-state index in [0.29, 0.717) is 6.42 Å². The molecule has 0 aromatic rings. The van der Waals surface area contributed by atoms with Gasteiger partial charge in [0.15, 0.2) is 0 Å². The van der Waals surface area contributed by atoms with Crippen molar-refractivity contribution in [1.29, 1.82) is 0 Å². The quantitative estimate of drug-likeness (QED) is 0.483. The lowest BCUT2D eigenvalue weighted by Gasteiger charge is -2.36. The summed E-state index contributed by atoms with van der Waals surface area (Å²) in [6, 6.07) is 0.226. The number of hydrogen-bond acceptors (Lipinski definition) is 5. The Hall–Kier alpha value is -0.200. The highest BCUT2D eigenvalue weighted by Gasteiger charge is 2.37. The second kappa shape index (κ2) is 8.87. The van der Waals surface area contributed by atoms with Gasteiger partial charge >= 0.3 is 0 Å². The summed E-state index contributed by atoms with van der Waals surface area (Å²) in [6.07, 6.45) is 2.04. The Bertz CT molecular complexity index is 239. The molecule has 1 aliphatic rings. The lowest BCUT2D eigenvalue weighted by Crippen LogP contribution is -2.54. The predicted molar refractivity (Wildman–Crippen MR) is 74.0 cm³/mol. The highest BCUT2D eigenvalue weighted by Crippen LogP contribution is 2.19. The Kier molecular flexibility index (Phi) is 7.87. The van der Waals surface area contributed by atoms with Crippen LogP contribution in [0.15, 0.2) is 0 Å². The summed E-state index contributed by atoms with van der Waals surface area (Å²) in [4.78, 5) is 0. The molecule has 5 nitrogen and oxygen atoms in total. The first kappa shape index (κ1) is 16.9. The van der Waals surface area contributed by atoms with Crippen LogP contribution in [0, 0.1) is 0 Å². The van der Waals surface area contributed by atoms with Crippen LogP contribution in [-0.4, -0.2) is 58.9 Å². The summed E-state index contributed by atoms with van der Waals surface area (Å²) in [5, 5.41) is 32.2. The Morgan fingerprint density at radius 3 is 2.58 bits per heavy atom. The van der Waals surface area contributed by atoms with Gasteiger partial charge in [-0.05, 0) is 26.3 Å². The second-order valence-corrected chi connectivity index (χ2v) is 5.57. The average Bonchev–Trinajstić information content (AvgIpc) is 2.39. The van der Waals surface area contributed by atoms with Gasteiger partial charge in [-0.15, -0.1) is 0 Å². The third-order valence-electron chi connectivity index (χ3n) is 3.72. The first-order valence-corrected chi connectivity index (χ1v) is 7.45. The van der Waals surface area contributed by atoms with Crippen LogP contribution in [0.5, 0.6) is 0 Å². The van der Waals surface area contributed by atoms with Crippen molar-refractivity contribution >= 4 is 0 Å². The van der Waals surface area contributed by atoms with Crippen molar-refractivity contribution in [3.63, 3.8) is 0 Å². The van der Waals surface area contributed by atoms with Gasteiger partial charge in [-0.25, -0.2) is 0 Å². The van der Waals surface area contributed by atoms with E-state index in [4.69, 9.17) is 4.74 Å². The smallest absolute Gasteiger partial charge is 0.111 e. The fourth-order valence-electron chi connectivity index (χ4n) is 2.41. The van der Waals surface area contributed by atoms with Crippen molar-refractivity contribution in [3.05, 3.63) is 0 Å². The molecule has 1 rings (SSSR count). The standard InChI is InChI=1S/C14H29NO4/c1-3-4-5-6-7-15-10(2)8-12-14(18)13(17)11(16)9-19-12/h10-18H,3-9H2,1-2H3/t10?,11-,12+,13+,14+/m1/s1. The third kappa shape index (κ3) is 5.75. The molecular weight excluding hydrogens is 246 g/mol. The monoisotopic (exact) mass is 275 g/mol. The van der Waals surface area contributed by atoms with Gasteiger partial charge in [0.25, 0.3) is 0 Å². The van der Waals surface area contributed by atoms with Gasteiger partial charge < -0.3 is 25.4 Å². The summed E-state index contributed by atoms with van der Waals surface area (Å²) >= 11 is 0. The van der Waals surface area contributed by atoms with Crippen LogP contribution in [0.4, 0.5) is 0 Å². The van der Waals surface area contributed by atoms with Crippen molar-refractivity contribution < 1.29 is 20.1 Å². The van der Waals surface area contributed by atoms with Crippen LogP contribution >= 0.6 is 0 Å². The SMILES string of the molecule is CCCCCCNC(C)C[C@@H]1OC[C@@H](O)[C@H](O)[C@H]1O. The number of ether oxygens (including phenoxy) is 1. The number of unbranched alkanes of at least 4 members (excludes halogenated alkanes) is 3. The van der Waals surface area contributed by atoms with Gasteiger partial charge in [-0.3, -0.25) is 0 Å². The van der Waals surface area contributed by atoms with E-state index in [2.05, 4.69) is 12.2 Å². The number of rotatable bonds is 8. The highest BCUT2D eigenvalue weighted by atomic mass is 16.5. The molecule has 19 heavy (non-hydrogen) atoms. The van der Waals surface area contributed by atoms with Crippen LogP contribution < -0.4 is 5.32 Å². The van der Waals surface area contributed by atoms with Crippen LogP contribution in [-0.2, 0) is 4.74 Å². The number of hydrogen-bond donors (Lipinski definition) is 4. The summed E-state index contributed by atoms with van der Waals surface area (Å²) in [5.74, 6) is 0. The molecule has 0 aliphatic carbocycles. The minimum absolute atomic E-state index is 0.0894. The molecule has 0 aromatic heterocycles. The Balaban J connectivity index is 2.19. The minimum Gasteiger partial charge on any atom is -0.388 e. The van der Waals surface area contributed by atoms with Gasteiger partial charge in [-0.1, -0.05) is 26.2 Å². The molecule has 0 radical (unpaired) electrons. The van der Waals surface area contributed by atoms with E-state index in [0.717, 1.165) is 13.0 Å². The van der Waals surface area contributed by atoms with Gasteiger partial charge in [0.1, 0.15) is 18.3 Å². The summed E-state index contributed by atoms with van der Waals surface area (Å²) in [6.45, 7) is 5.30. The molecule has 0 bridgehead atoms. The van der Waals surface area contributed by atoms with Gasteiger partial charge in [0, 0.05) is 6.04 Å². The average molecular weight is 275 g/mol. The Labute approximate surface area is 116 Å². The van der Waals surface area contributed by atoms with Crippen molar-refractivity contribution in [3.8, 4) is 0 Å².